The molecule has 1 spiro atoms. The number of fused-ring (bicyclic) bond motifs is 1. The third-order valence-corrected chi connectivity index (χ3v) is 4.93. The van der Waals surface area contributed by atoms with Gasteiger partial charge in [-0.15, -0.1) is 0 Å². The zero-order valence-corrected chi connectivity index (χ0v) is 13.5. The largest absolute Gasteiger partial charge is 0.485 e. The average molecular weight is 326 g/mol. The Morgan fingerprint density at radius 3 is 3.12 bits per heavy atom. The zero-order chi connectivity index (χ0) is 16.4. The molecule has 3 heterocycles. The summed E-state index contributed by atoms with van der Waals surface area (Å²) in [5.74, 6) is 0.964. The summed E-state index contributed by atoms with van der Waals surface area (Å²) in [6.07, 6.45) is 6.54. The molecule has 0 saturated carbocycles. The van der Waals surface area contributed by atoms with E-state index < -0.39 is 0 Å². The highest BCUT2D eigenvalue weighted by atomic mass is 16.5. The maximum absolute atomic E-state index is 12.4. The Morgan fingerprint density at radius 2 is 2.33 bits per heavy atom. The molecule has 2 aliphatic rings. The number of amides is 1. The number of nitrogens with zero attached hydrogens (tertiary/aromatic N) is 1. The molecule has 0 bridgehead atoms. The lowest BCUT2D eigenvalue weighted by atomic mass is 9.86. The van der Waals surface area contributed by atoms with E-state index in [9.17, 15) is 4.79 Å². The number of carbonyl (C=O) groups excluding carboxylic acids is 1. The van der Waals surface area contributed by atoms with Gasteiger partial charge in [-0.1, -0.05) is 18.2 Å². The lowest BCUT2D eigenvalue weighted by molar-refractivity contribution is -0.122. The van der Waals surface area contributed by atoms with Crippen LogP contribution < -0.4 is 15.4 Å². The number of benzene rings is 1. The van der Waals surface area contributed by atoms with Crippen LogP contribution in [0.15, 0.2) is 36.7 Å². The fraction of sp³-hybridized carbons (Fsp3) is 0.444. The predicted octanol–water partition coefficient (Wildman–Crippen LogP) is 1.71. The predicted molar refractivity (Wildman–Crippen MR) is 89.7 cm³/mol. The number of aryl methyl sites for hydroxylation is 1. The number of hydrogen-bond donors (Lipinski definition) is 3. The molecule has 2 unspecified atom stereocenters. The number of carbonyl (C=O) groups is 1. The number of aromatic amines is 1. The number of H-pyrrole nitrogens is 1. The number of rotatable bonds is 4. The molecule has 1 aromatic heterocycles. The molecule has 2 aliphatic heterocycles. The van der Waals surface area contributed by atoms with Gasteiger partial charge in [-0.2, -0.15) is 5.10 Å². The lowest BCUT2D eigenvalue weighted by Crippen LogP contribution is -2.46. The van der Waals surface area contributed by atoms with Crippen LogP contribution in [-0.4, -0.2) is 34.8 Å². The SMILES string of the molecule is O=C(CCc1cn[nH]c1)NC1CC2(CCNC2)Oc2ccccc21. The standard InChI is InChI=1S/C18H22N4O2/c23-17(6-5-13-10-20-21-11-13)22-15-9-18(7-8-19-12-18)24-16-4-2-1-3-14(15)16/h1-4,10-11,15,19H,5-9,12H2,(H,20,21)(H,22,23). The second-order valence-corrected chi connectivity index (χ2v) is 6.68. The maximum Gasteiger partial charge on any atom is 0.220 e. The van der Waals surface area contributed by atoms with Crippen LogP contribution in [-0.2, 0) is 11.2 Å². The molecule has 2 atom stereocenters. The van der Waals surface area contributed by atoms with Gasteiger partial charge in [0.2, 0.25) is 5.91 Å². The Balaban J connectivity index is 1.47. The molecule has 2 aromatic rings. The Bertz CT molecular complexity index is 708. The third kappa shape index (κ3) is 3.01. The minimum Gasteiger partial charge on any atom is -0.485 e. The van der Waals surface area contributed by atoms with E-state index in [4.69, 9.17) is 4.74 Å². The molecule has 0 aliphatic carbocycles. The van der Waals surface area contributed by atoms with Crippen molar-refractivity contribution in [2.24, 2.45) is 0 Å². The van der Waals surface area contributed by atoms with Crippen molar-refractivity contribution in [3.05, 3.63) is 47.8 Å². The summed E-state index contributed by atoms with van der Waals surface area (Å²) in [6, 6.07) is 8.03. The van der Waals surface area contributed by atoms with Crippen molar-refractivity contribution >= 4 is 5.91 Å². The van der Waals surface area contributed by atoms with Crippen LogP contribution in [0.25, 0.3) is 0 Å². The topological polar surface area (TPSA) is 79.0 Å². The normalized spacial score (nSPS) is 25.2. The molecule has 0 radical (unpaired) electrons. The van der Waals surface area contributed by atoms with Crippen LogP contribution in [0.5, 0.6) is 5.75 Å². The molecule has 1 saturated heterocycles. The summed E-state index contributed by atoms with van der Waals surface area (Å²) in [7, 11) is 0. The summed E-state index contributed by atoms with van der Waals surface area (Å²) in [5.41, 5.74) is 1.93. The molecular formula is C18H22N4O2. The molecule has 6 nitrogen and oxygen atoms in total. The summed E-state index contributed by atoms with van der Waals surface area (Å²) in [6.45, 7) is 1.80. The van der Waals surface area contributed by atoms with Gasteiger partial charge >= 0.3 is 0 Å². The number of hydrogen-bond acceptors (Lipinski definition) is 4. The Kier molecular flexibility index (Phi) is 3.98. The fourth-order valence-corrected chi connectivity index (χ4v) is 3.67. The van der Waals surface area contributed by atoms with Gasteiger partial charge in [0.05, 0.1) is 12.2 Å². The Hall–Kier alpha value is -2.34. The third-order valence-electron chi connectivity index (χ3n) is 4.93. The summed E-state index contributed by atoms with van der Waals surface area (Å²) >= 11 is 0. The number of para-hydroxylation sites is 1. The van der Waals surface area contributed by atoms with Gasteiger partial charge in [-0.05, 0) is 24.6 Å². The van der Waals surface area contributed by atoms with Crippen molar-refractivity contribution in [1.29, 1.82) is 0 Å². The summed E-state index contributed by atoms with van der Waals surface area (Å²) in [5, 5.41) is 13.3. The van der Waals surface area contributed by atoms with Gasteiger partial charge in [0.25, 0.3) is 0 Å². The molecule has 126 valence electrons. The molecule has 6 heteroatoms. The van der Waals surface area contributed by atoms with Gasteiger partial charge in [0.15, 0.2) is 0 Å². The second kappa shape index (κ2) is 6.28. The van der Waals surface area contributed by atoms with Crippen LogP contribution in [0, 0.1) is 0 Å². The van der Waals surface area contributed by atoms with Crippen molar-refractivity contribution in [3.63, 3.8) is 0 Å². The first-order chi connectivity index (χ1) is 11.7. The quantitative estimate of drug-likeness (QED) is 0.799. The average Bonchev–Trinajstić information content (AvgIpc) is 3.25. The van der Waals surface area contributed by atoms with Crippen molar-refractivity contribution in [2.45, 2.75) is 37.3 Å². The van der Waals surface area contributed by atoms with Gasteiger partial charge in [-0.3, -0.25) is 9.89 Å². The van der Waals surface area contributed by atoms with Crippen molar-refractivity contribution < 1.29 is 9.53 Å². The van der Waals surface area contributed by atoms with Crippen molar-refractivity contribution in [1.82, 2.24) is 20.8 Å². The number of nitrogens with one attached hydrogen (secondary N) is 3. The van der Waals surface area contributed by atoms with Crippen LogP contribution in [0.2, 0.25) is 0 Å². The molecule has 4 rings (SSSR count). The molecule has 1 amide bonds. The first-order valence-corrected chi connectivity index (χ1v) is 8.50. The van der Waals surface area contributed by atoms with Crippen LogP contribution >= 0.6 is 0 Å². The zero-order valence-electron chi connectivity index (χ0n) is 13.5. The van der Waals surface area contributed by atoms with Gasteiger partial charge < -0.3 is 15.4 Å². The van der Waals surface area contributed by atoms with E-state index >= 15 is 0 Å². The van der Waals surface area contributed by atoms with E-state index in [1.165, 1.54) is 0 Å². The highest BCUT2D eigenvalue weighted by molar-refractivity contribution is 5.77. The molecule has 3 N–H and O–H groups in total. The van der Waals surface area contributed by atoms with Crippen molar-refractivity contribution in [3.8, 4) is 5.75 Å². The van der Waals surface area contributed by atoms with E-state index in [0.29, 0.717) is 12.8 Å². The van der Waals surface area contributed by atoms with Crippen LogP contribution in [0.1, 0.15) is 36.4 Å². The highest BCUT2D eigenvalue weighted by Crippen LogP contribution is 2.42. The molecule has 1 aromatic carbocycles. The minimum absolute atomic E-state index is 0.00620. The van der Waals surface area contributed by atoms with E-state index in [1.807, 2.05) is 30.5 Å². The van der Waals surface area contributed by atoms with Crippen LogP contribution in [0.4, 0.5) is 0 Å². The number of ether oxygens (including phenoxy) is 1. The maximum atomic E-state index is 12.4. The number of aromatic nitrogens is 2. The second-order valence-electron chi connectivity index (χ2n) is 6.68. The first kappa shape index (κ1) is 15.2. The fourth-order valence-electron chi connectivity index (χ4n) is 3.67. The van der Waals surface area contributed by atoms with E-state index in [1.54, 1.807) is 6.20 Å². The van der Waals surface area contributed by atoms with E-state index in [-0.39, 0.29) is 17.6 Å². The summed E-state index contributed by atoms with van der Waals surface area (Å²) < 4.78 is 6.28. The van der Waals surface area contributed by atoms with Crippen molar-refractivity contribution in [2.75, 3.05) is 13.1 Å². The van der Waals surface area contributed by atoms with Gasteiger partial charge in [0.1, 0.15) is 11.4 Å². The molecule has 1 fully saturated rings. The smallest absolute Gasteiger partial charge is 0.220 e. The monoisotopic (exact) mass is 326 g/mol. The Morgan fingerprint density at radius 1 is 1.42 bits per heavy atom. The van der Waals surface area contributed by atoms with E-state index in [0.717, 1.165) is 42.8 Å². The lowest BCUT2D eigenvalue weighted by Gasteiger charge is -2.39. The highest BCUT2D eigenvalue weighted by Gasteiger charge is 2.43. The van der Waals surface area contributed by atoms with E-state index in [2.05, 4.69) is 20.8 Å². The minimum atomic E-state index is -0.198. The molecule has 24 heavy (non-hydrogen) atoms. The summed E-state index contributed by atoms with van der Waals surface area (Å²) in [4.78, 5) is 12.4. The molecular weight excluding hydrogens is 304 g/mol. The van der Waals surface area contributed by atoms with Crippen LogP contribution in [0.3, 0.4) is 0 Å². The Labute approximate surface area is 141 Å². The van der Waals surface area contributed by atoms with Gasteiger partial charge in [0, 0.05) is 37.6 Å². The first-order valence-electron chi connectivity index (χ1n) is 8.50. The van der Waals surface area contributed by atoms with Gasteiger partial charge in [-0.25, -0.2) is 0 Å².